The van der Waals surface area contributed by atoms with E-state index in [1.807, 2.05) is 12.5 Å². The molecule has 5 nitrogen and oxygen atoms in total. The second kappa shape index (κ2) is 9.61. The summed E-state index contributed by atoms with van der Waals surface area (Å²) < 4.78 is 0. The molecule has 0 aromatic heterocycles. The third-order valence-electron chi connectivity index (χ3n) is 2.19. The lowest BCUT2D eigenvalue weighted by atomic mass is 10.2. The van der Waals surface area contributed by atoms with Gasteiger partial charge in [0.1, 0.15) is 6.04 Å². The van der Waals surface area contributed by atoms with Crippen molar-refractivity contribution in [2.75, 3.05) is 24.0 Å². The number of aliphatic carboxylic acids is 1. The highest BCUT2D eigenvalue weighted by atomic mass is 32.2. The maximum atomic E-state index is 11.6. The Bertz CT molecular complexity index is 252. The molecule has 0 aromatic carbocycles. The van der Waals surface area contributed by atoms with Gasteiger partial charge in [-0.2, -0.15) is 23.5 Å². The summed E-state index contributed by atoms with van der Waals surface area (Å²) in [6.45, 7) is 0. The molecule has 100 valence electrons. The standard InChI is InChI=1S/C10H20N2O3S2/c1-16-5-3-7(11)9(13)12-8(10(14)15)4-6-17-2/h7-8H,3-6,11H2,1-2H3,(H,12,13)(H,14,15)/t7-,8-/m0/s1. The average Bonchev–Trinajstić information content (AvgIpc) is 2.30. The van der Waals surface area contributed by atoms with Crippen LogP contribution in [0.4, 0.5) is 0 Å². The highest BCUT2D eigenvalue weighted by Gasteiger charge is 2.22. The fourth-order valence-electron chi connectivity index (χ4n) is 1.15. The van der Waals surface area contributed by atoms with E-state index in [4.69, 9.17) is 10.8 Å². The summed E-state index contributed by atoms with van der Waals surface area (Å²) in [5.74, 6) is 0.0889. The minimum Gasteiger partial charge on any atom is -0.480 e. The first-order chi connectivity index (χ1) is 8.02. The Kier molecular flexibility index (Phi) is 9.39. The van der Waals surface area contributed by atoms with Crippen LogP contribution in [0.15, 0.2) is 0 Å². The van der Waals surface area contributed by atoms with E-state index in [1.165, 1.54) is 0 Å². The van der Waals surface area contributed by atoms with Crippen LogP contribution in [0.2, 0.25) is 0 Å². The van der Waals surface area contributed by atoms with E-state index in [9.17, 15) is 9.59 Å². The Hall–Kier alpha value is -0.400. The van der Waals surface area contributed by atoms with Crippen molar-refractivity contribution in [3.05, 3.63) is 0 Å². The van der Waals surface area contributed by atoms with Crippen LogP contribution in [-0.4, -0.2) is 53.1 Å². The molecule has 1 amide bonds. The Balaban J connectivity index is 4.15. The predicted molar refractivity (Wildman–Crippen MR) is 73.5 cm³/mol. The molecule has 0 bridgehead atoms. The maximum absolute atomic E-state index is 11.6. The molecule has 0 aliphatic carbocycles. The maximum Gasteiger partial charge on any atom is 0.326 e. The summed E-state index contributed by atoms with van der Waals surface area (Å²) in [5.41, 5.74) is 5.66. The Morgan fingerprint density at radius 2 is 1.76 bits per heavy atom. The van der Waals surface area contributed by atoms with Gasteiger partial charge in [-0.1, -0.05) is 0 Å². The molecular formula is C10H20N2O3S2. The minimum atomic E-state index is -1.01. The molecule has 0 aliphatic rings. The van der Waals surface area contributed by atoms with Crippen molar-refractivity contribution >= 4 is 35.4 Å². The fraction of sp³-hybridized carbons (Fsp3) is 0.800. The number of nitrogens with one attached hydrogen (secondary N) is 1. The lowest BCUT2D eigenvalue weighted by molar-refractivity contribution is -0.142. The van der Waals surface area contributed by atoms with Gasteiger partial charge in [0.2, 0.25) is 5.91 Å². The van der Waals surface area contributed by atoms with Gasteiger partial charge in [0.15, 0.2) is 0 Å². The molecule has 17 heavy (non-hydrogen) atoms. The summed E-state index contributed by atoms with van der Waals surface area (Å²) in [7, 11) is 0. The second-order valence-electron chi connectivity index (χ2n) is 3.57. The number of carboxylic acids is 1. The van der Waals surface area contributed by atoms with Gasteiger partial charge in [0.25, 0.3) is 0 Å². The number of thioether (sulfide) groups is 2. The van der Waals surface area contributed by atoms with Gasteiger partial charge in [0, 0.05) is 0 Å². The quantitative estimate of drug-likeness (QED) is 0.566. The molecule has 0 aromatic rings. The highest BCUT2D eigenvalue weighted by Crippen LogP contribution is 2.03. The molecule has 0 spiro atoms. The number of hydrogen-bond acceptors (Lipinski definition) is 5. The SMILES string of the molecule is CSCC[C@H](NC(=O)[C@@H](N)CCSC)C(=O)O. The molecule has 0 aliphatic heterocycles. The van der Waals surface area contributed by atoms with Gasteiger partial charge in [-0.15, -0.1) is 0 Å². The van der Waals surface area contributed by atoms with Gasteiger partial charge in [0.05, 0.1) is 6.04 Å². The monoisotopic (exact) mass is 280 g/mol. The van der Waals surface area contributed by atoms with Crippen molar-refractivity contribution in [3.8, 4) is 0 Å². The van der Waals surface area contributed by atoms with Crippen LogP contribution in [0, 0.1) is 0 Å². The first kappa shape index (κ1) is 16.6. The normalized spacial score (nSPS) is 14.1. The summed E-state index contributed by atoms with van der Waals surface area (Å²) >= 11 is 3.15. The molecular weight excluding hydrogens is 260 g/mol. The number of carbonyl (C=O) groups is 2. The van der Waals surface area contributed by atoms with E-state index in [-0.39, 0.29) is 5.91 Å². The van der Waals surface area contributed by atoms with Crippen LogP contribution in [-0.2, 0) is 9.59 Å². The van der Waals surface area contributed by atoms with Gasteiger partial charge in [-0.25, -0.2) is 4.79 Å². The lowest BCUT2D eigenvalue weighted by Crippen LogP contribution is -2.48. The first-order valence-electron chi connectivity index (χ1n) is 5.29. The van der Waals surface area contributed by atoms with Crippen LogP contribution in [0.25, 0.3) is 0 Å². The third-order valence-corrected chi connectivity index (χ3v) is 3.48. The summed E-state index contributed by atoms with van der Waals surface area (Å²) in [5, 5.41) is 11.4. The number of carbonyl (C=O) groups excluding carboxylic acids is 1. The fourth-order valence-corrected chi connectivity index (χ4v) is 2.11. The van der Waals surface area contributed by atoms with Crippen molar-refractivity contribution in [3.63, 3.8) is 0 Å². The zero-order valence-corrected chi connectivity index (χ0v) is 11.8. The second-order valence-corrected chi connectivity index (χ2v) is 5.54. The first-order valence-corrected chi connectivity index (χ1v) is 8.08. The van der Waals surface area contributed by atoms with Crippen LogP contribution >= 0.6 is 23.5 Å². The third kappa shape index (κ3) is 7.51. The number of hydrogen-bond donors (Lipinski definition) is 3. The topological polar surface area (TPSA) is 92.4 Å². The Labute approximate surface area is 110 Å². The van der Waals surface area contributed by atoms with Gasteiger partial charge >= 0.3 is 5.97 Å². The average molecular weight is 280 g/mol. The molecule has 0 heterocycles. The zero-order chi connectivity index (χ0) is 13.3. The van der Waals surface area contributed by atoms with Crippen molar-refractivity contribution in [2.24, 2.45) is 5.73 Å². The van der Waals surface area contributed by atoms with Crippen LogP contribution < -0.4 is 11.1 Å². The minimum absolute atomic E-state index is 0.382. The number of carboxylic acid groups (broad SMARTS) is 1. The van der Waals surface area contributed by atoms with E-state index < -0.39 is 18.1 Å². The summed E-state index contributed by atoms with van der Waals surface area (Å²) in [6.07, 6.45) is 4.80. The largest absolute Gasteiger partial charge is 0.480 e. The zero-order valence-electron chi connectivity index (χ0n) is 10.1. The van der Waals surface area contributed by atoms with E-state index in [1.54, 1.807) is 23.5 Å². The van der Waals surface area contributed by atoms with Crippen molar-refractivity contribution in [1.29, 1.82) is 0 Å². The van der Waals surface area contributed by atoms with E-state index in [0.717, 1.165) is 5.75 Å². The molecule has 0 saturated carbocycles. The number of nitrogens with two attached hydrogens (primary N) is 1. The molecule has 0 radical (unpaired) electrons. The van der Waals surface area contributed by atoms with Crippen molar-refractivity contribution in [1.82, 2.24) is 5.32 Å². The molecule has 0 fully saturated rings. The number of rotatable bonds is 9. The smallest absolute Gasteiger partial charge is 0.326 e. The Morgan fingerprint density at radius 3 is 2.24 bits per heavy atom. The van der Waals surface area contributed by atoms with Crippen LogP contribution in [0.1, 0.15) is 12.8 Å². The highest BCUT2D eigenvalue weighted by molar-refractivity contribution is 7.98. The predicted octanol–water partition coefficient (Wildman–Crippen LogP) is 0.389. The lowest BCUT2D eigenvalue weighted by Gasteiger charge is -2.17. The number of amides is 1. The molecule has 7 heteroatoms. The van der Waals surface area contributed by atoms with Gasteiger partial charge in [-0.3, -0.25) is 4.79 Å². The summed E-state index contributed by atoms with van der Waals surface area (Å²) in [4.78, 5) is 22.5. The molecule has 0 rings (SSSR count). The van der Waals surface area contributed by atoms with Crippen LogP contribution in [0.5, 0.6) is 0 Å². The molecule has 0 unspecified atom stereocenters. The van der Waals surface area contributed by atoms with E-state index >= 15 is 0 Å². The summed E-state index contributed by atoms with van der Waals surface area (Å²) in [6, 6.07) is -1.46. The molecule has 0 saturated heterocycles. The molecule has 2 atom stereocenters. The molecule has 4 N–H and O–H groups in total. The van der Waals surface area contributed by atoms with Crippen LogP contribution in [0.3, 0.4) is 0 Å². The van der Waals surface area contributed by atoms with Crippen molar-refractivity contribution in [2.45, 2.75) is 24.9 Å². The Morgan fingerprint density at radius 1 is 1.24 bits per heavy atom. The van der Waals surface area contributed by atoms with E-state index in [2.05, 4.69) is 5.32 Å². The van der Waals surface area contributed by atoms with Crippen molar-refractivity contribution < 1.29 is 14.7 Å². The van der Waals surface area contributed by atoms with Gasteiger partial charge in [-0.05, 0) is 36.9 Å². The van der Waals surface area contributed by atoms with Gasteiger partial charge < -0.3 is 16.2 Å². The van der Waals surface area contributed by atoms with E-state index in [0.29, 0.717) is 18.6 Å².